The van der Waals surface area contributed by atoms with E-state index >= 15 is 0 Å². The molecule has 1 N–H and O–H groups in total. The summed E-state index contributed by atoms with van der Waals surface area (Å²) in [7, 11) is 0. The minimum absolute atomic E-state index is 0.529. The van der Waals surface area contributed by atoms with E-state index in [2.05, 4.69) is 47.1 Å². The molecule has 1 unspecified atom stereocenters. The molecule has 2 heteroatoms. The highest BCUT2D eigenvalue weighted by molar-refractivity contribution is 9.10. The van der Waals surface area contributed by atoms with Gasteiger partial charge in [0.25, 0.3) is 0 Å². The Balaban J connectivity index is 1.97. The maximum atomic E-state index is 10.7. The van der Waals surface area contributed by atoms with E-state index < -0.39 is 6.10 Å². The topological polar surface area (TPSA) is 20.2 Å². The van der Waals surface area contributed by atoms with Crippen LogP contribution in [0.4, 0.5) is 0 Å². The van der Waals surface area contributed by atoms with Crippen molar-refractivity contribution in [2.45, 2.75) is 38.2 Å². The lowest BCUT2D eigenvalue weighted by Crippen LogP contribution is -2.13. The van der Waals surface area contributed by atoms with Gasteiger partial charge >= 0.3 is 0 Å². The van der Waals surface area contributed by atoms with Crippen LogP contribution in [0.15, 0.2) is 46.9 Å². The van der Waals surface area contributed by atoms with Gasteiger partial charge in [0.15, 0.2) is 0 Å². The molecule has 1 saturated carbocycles. The number of benzene rings is 2. The first-order valence-electron chi connectivity index (χ1n) is 7.20. The molecule has 1 nitrogen and oxygen atoms in total. The van der Waals surface area contributed by atoms with Gasteiger partial charge in [0.2, 0.25) is 0 Å². The molecule has 20 heavy (non-hydrogen) atoms. The van der Waals surface area contributed by atoms with E-state index in [1.807, 2.05) is 18.2 Å². The van der Waals surface area contributed by atoms with Crippen molar-refractivity contribution in [2.24, 2.45) is 0 Å². The minimum Gasteiger partial charge on any atom is -0.384 e. The molecule has 0 heterocycles. The third kappa shape index (κ3) is 2.55. The predicted octanol–water partition coefficient (Wildman–Crippen LogP) is 5.11. The molecule has 2 aromatic rings. The van der Waals surface area contributed by atoms with Crippen LogP contribution < -0.4 is 0 Å². The summed E-state index contributed by atoms with van der Waals surface area (Å²) < 4.78 is 1.08. The highest BCUT2D eigenvalue weighted by Crippen LogP contribution is 2.40. The predicted molar refractivity (Wildman–Crippen MR) is 86.0 cm³/mol. The molecule has 1 aliphatic carbocycles. The van der Waals surface area contributed by atoms with Gasteiger partial charge in [-0.25, -0.2) is 0 Å². The largest absolute Gasteiger partial charge is 0.384 e. The summed E-state index contributed by atoms with van der Waals surface area (Å²) >= 11 is 3.51. The Labute approximate surface area is 128 Å². The van der Waals surface area contributed by atoms with Crippen LogP contribution in [0, 0.1) is 6.92 Å². The average Bonchev–Trinajstić information content (AvgIpc) is 2.40. The fourth-order valence-corrected chi connectivity index (χ4v) is 3.12. The molecular formula is C18H19BrO. The molecule has 104 valence electrons. The van der Waals surface area contributed by atoms with Gasteiger partial charge in [-0.3, -0.25) is 0 Å². The Morgan fingerprint density at radius 3 is 2.55 bits per heavy atom. The second-order valence-corrected chi connectivity index (χ2v) is 6.52. The standard InChI is InChI=1S/C18H19BrO/c1-12-11-14(9-10-17(12)19)18(20)16-8-3-2-7-15(16)13-5-4-6-13/h2-3,7-11,13,18,20H,4-6H2,1H3. The molecule has 1 aliphatic rings. The van der Waals surface area contributed by atoms with Crippen molar-refractivity contribution in [3.63, 3.8) is 0 Å². The Morgan fingerprint density at radius 1 is 1.15 bits per heavy atom. The first-order chi connectivity index (χ1) is 9.66. The number of halogens is 1. The number of rotatable bonds is 3. The molecule has 0 radical (unpaired) electrons. The summed E-state index contributed by atoms with van der Waals surface area (Å²) in [6.45, 7) is 2.05. The third-order valence-electron chi connectivity index (χ3n) is 4.33. The number of aliphatic hydroxyl groups excluding tert-OH is 1. The third-order valence-corrected chi connectivity index (χ3v) is 5.22. The van der Waals surface area contributed by atoms with Crippen LogP contribution in [0.2, 0.25) is 0 Å². The number of hydrogen-bond donors (Lipinski definition) is 1. The quantitative estimate of drug-likeness (QED) is 0.829. The Morgan fingerprint density at radius 2 is 1.90 bits per heavy atom. The number of aryl methyl sites for hydroxylation is 1. The van der Waals surface area contributed by atoms with Crippen LogP contribution in [-0.2, 0) is 0 Å². The Kier molecular flexibility index (Phi) is 3.95. The monoisotopic (exact) mass is 330 g/mol. The minimum atomic E-state index is -0.529. The molecule has 1 atom stereocenters. The second kappa shape index (κ2) is 5.71. The van der Waals surface area contributed by atoms with Crippen LogP contribution in [0.5, 0.6) is 0 Å². The molecule has 0 amide bonds. The lowest BCUT2D eigenvalue weighted by atomic mass is 9.77. The van der Waals surface area contributed by atoms with E-state index in [4.69, 9.17) is 0 Å². The van der Waals surface area contributed by atoms with E-state index in [1.54, 1.807) is 0 Å². The fraction of sp³-hybridized carbons (Fsp3) is 0.333. The second-order valence-electron chi connectivity index (χ2n) is 5.67. The maximum absolute atomic E-state index is 10.7. The van der Waals surface area contributed by atoms with Crippen molar-refractivity contribution < 1.29 is 5.11 Å². The first kappa shape index (κ1) is 13.8. The molecule has 2 aromatic carbocycles. The lowest BCUT2D eigenvalue weighted by molar-refractivity contribution is 0.217. The van der Waals surface area contributed by atoms with Crippen molar-refractivity contribution in [2.75, 3.05) is 0 Å². The normalized spacial score (nSPS) is 16.8. The summed E-state index contributed by atoms with van der Waals surface area (Å²) in [5.41, 5.74) is 4.52. The van der Waals surface area contributed by atoms with Gasteiger partial charge in [-0.05, 0) is 54.0 Å². The molecule has 1 fully saturated rings. The van der Waals surface area contributed by atoms with Gasteiger partial charge in [0.05, 0.1) is 0 Å². The Hall–Kier alpha value is -1.12. The van der Waals surface area contributed by atoms with Crippen molar-refractivity contribution in [3.05, 3.63) is 69.2 Å². The van der Waals surface area contributed by atoms with Crippen molar-refractivity contribution in [1.29, 1.82) is 0 Å². The highest BCUT2D eigenvalue weighted by atomic mass is 79.9. The zero-order valence-corrected chi connectivity index (χ0v) is 13.2. The van der Waals surface area contributed by atoms with E-state index in [-0.39, 0.29) is 0 Å². The molecule has 0 spiro atoms. The molecule has 0 saturated heterocycles. The maximum Gasteiger partial charge on any atom is 0.104 e. The van der Waals surface area contributed by atoms with Gasteiger partial charge in [-0.2, -0.15) is 0 Å². The van der Waals surface area contributed by atoms with Crippen LogP contribution in [0.1, 0.15) is 53.5 Å². The van der Waals surface area contributed by atoms with Crippen LogP contribution in [0.3, 0.4) is 0 Å². The van der Waals surface area contributed by atoms with E-state index in [9.17, 15) is 5.11 Å². The van der Waals surface area contributed by atoms with E-state index in [1.165, 1.54) is 24.8 Å². The van der Waals surface area contributed by atoms with Gasteiger partial charge in [-0.1, -0.05) is 58.7 Å². The Bertz CT molecular complexity index is 617. The molecule has 0 aliphatic heterocycles. The first-order valence-corrected chi connectivity index (χ1v) is 7.99. The summed E-state index contributed by atoms with van der Waals surface area (Å²) in [5.74, 6) is 0.636. The van der Waals surface area contributed by atoms with Gasteiger partial charge in [-0.15, -0.1) is 0 Å². The van der Waals surface area contributed by atoms with Crippen molar-refractivity contribution in [3.8, 4) is 0 Å². The molecule has 3 rings (SSSR count). The summed E-state index contributed by atoms with van der Waals surface area (Å²) in [5, 5.41) is 10.7. The molecule has 0 aromatic heterocycles. The van der Waals surface area contributed by atoms with E-state index in [0.717, 1.165) is 21.2 Å². The zero-order valence-electron chi connectivity index (χ0n) is 11.6. The average molecular weight is 331 g/mol. The summed E-state index contributed by atoms with van der Waals surface area (Å²) in [4.78, 5) is 0. The van der Waals surface area contributed by atoms with E-state index in [0.29, 0.717) is 5.92 Å². The summed E-state index contributed by atoms with van der Waals surface area (Å²) in [6.07, 6.45) is 3.29. The SMILES string of the molecule is Cc1cc(C(O)c2ccccc2C2CCC2)ccc1Br. The van der Waals surface area contributed by atoms with Gasteiger partial charge in [0, 0.05) is 4.47 Å². The number of hydrogen-bond acceptors (Lipinski definition) is 1. The van der Waals surface area contributed by atoms with Crippen molar-refractivity contribution >= 4 is 15.9 Å². The fourth-order valence-electron chi connectivity index (χ4n) is 2.87. The smallest absolute Gasteiger partial charge is 0.104 e. The van der Waals surface area contributed by atoms with Crippen LogP contribution in [0.25, 0.3) is 0 Å². The lowest BCUT2D eigenvalue weighted by Gasteiger charge is -2.29. The number of aliphatic hydroxyl groups is 1. The molecular weight excluding hydrogens is 312 g/mol. The zero-order chi connectivity index (χ0) is 14.1. The molecule has 0 bridgehead atoms. The van der Waals surface area contributed by atoms with Gasteiger partial charge in [0.1, 0.15) is 6.10 Å². The van der Waals surface area contributed by atoms with Crippen LogP contribution in [-0.4, -0.2) is 5.11 Å². The van der Waals surface area contributed by atoms with Gasteiger partial charge < -0.3 is 5.11 Å². The van der Waals surface area contributed by atoms with Crippen LogP contribution >= 0.6 is 15.9 Å². The van der Waals surface area contributed by atoms with Crippen molar-refractivity contribution in [1.82, 2.24) is 0 Å². The highest BCUT2D eigenvalue weighted by Gasteiger charge is 2.24. The summed E-state index contributed by atoms with van der Waals surface area (Å²) in [6, 6.07) is 14.4.